The lowest BCUT2D eigenvalue weighted by Crippen LogP contribution is -2.57. The lowest BCUT2D eigenvalue weighted by atomic mass is 9.35. The average Bonchev–Trinajstić information content (AvgIpc) is 3.38. The average molecular weight is 539 g/mol. The molecule has 194 valence electrons. The first kappa shape index (κ1) is 22.8. The maximum atomic E-state index is 9.95. The number of hydrogen-bond donors (Lipinski definition) is 0. The molecule has 7 nitrogen and oxygen atoms in total. The van der Waals surface area contributed by atoms with E-state index in [-0.39, 0.29) is 12.5 Å². The summed E-state index contributed by atoms with van der Waals surface area (Å²) in [6.45, 7) is -0.0276. The van der Waals surface area contributed by atoms with Crippen LogP contribution in [0.1, 0.15) is 5.82 Å². The lowest BCUT2D eigenvalue weighted by molar-refractivity contribution is 0.465. The van der Waals surface area contributed by atoms with Gasteiger partial charge in [-0.2, -0.15) is 20.2 Å². The summed E-state index contributed by atoms with van der Waals surface area (Å²) in [4.78, 5) is 14.0. The number of aromatic nitrogens is 4. The molecule has 0 bridgehead atoms. The molecule has 0 amide bonds. The normalized spacial score (nSPS) is 12.6. The van der Waals surface area contributed by atoms with Crippen LogP contribution in [-0.4, -0.2) is 26.2 Å². The highest BCUT2D eigenvalue weighted by Crippen LogP contribution is 2.38. The van der Waals surface area contributed by atoms with Gasteiger partial charge in [0.05, 0.1) is 11.0 Å². The second kappa shape index (κ2) is 8.53. The predicted molar refractivity (Wildman–Crippen MR) is 162 cm³/mol. The Hall–Kier alpha value is -5.94. The number of ether oxygens (including phenoxy) is 2. The number of nitriles is 1. The largest absolute Gasteiger partial charge is 0.458 e. The highest BCUT2D eigenvalue weighted by atomic mass is 16.5. The van der Waals surface area contributed by atoms with Gasteiger partial charge in [-0.05, 0) is 47.3 Å². The number of para-hydroxylation sites is 4. The molecule has 4 heterocycles. The van der Waals surface area contributed by atoms with E-state index < -0.39 is 0 Å². The third-order valence-corrected chi connectivity index (χ3v) is 8.05. The van der Waals surface area contributed by atoms with Gasteiger partial charge in [-0.15, -0.1) is 0 Å². The third kappa shape index (κ3) is 3.19. The van der Waals surface area contributed by atoms with Crippen molar-refractivity contribution in [3.05, 3.63) is 115 Å². The van der Waals surface area contributed by atoms with Crippen LogP contribution in [0.4, 0.5) is 0 Å². The summed E-state index contributed by atoms with van der Waals surface area (Å²) in [5.74, 6) is 3.72. The monoisotopic (exact) mass is 539 g/mol. The Morgan fingerprint density at radius 2 is 1.17 bits per heavy atom. The first-order chi connectivity index (χ1) is 20.8. The van der Waals surface area contributed by atoms with Gasteiger partial charge < -0.3 is 9.47 Å². The lowest BCUT2D eigenvalue weighted by Gasteiger charge is -2.33. The van der Waals surface area contributed by atoms with Crippen molar-refractivity contribution in [3.63, 3.8) is 0 Å². The fourth-order valence-electron chi connectivity index (χ4n) is 6.30. The van der Waals surface area contributed by atoms with Crippen LogP contribution in [0.2, 0.25) is 0 Å². The molecular formula is C34H18BN5O2. The van der Waals surface area contributed by atoms with Gasteiger partial charge in [0, 0.05) is 21.8 Å². The van der Waals surface area contributed by atoms with Gasteiger partial charge in [0.15, 0.2) is 5.82 Å². The maximum Gasteiger partial charge on any atom is 0.260 e. The highest BCUT2D eigenvalue weighted by Gasteiger charge is 2.40. The standard InChI is InChI=1S/C34H18BN5O2/c36-19-31-37-33(39-34(38-31)40-25-13-5-1-9-21(25)22-10-2-6-14-26(22)40)20-17-29-32-30(18-20)42-28-16-8-4-12-24(28)35(32)23-11-3-7-15-27(23)41-29/h1-18H. The van der Waals surface area contributed by atoms with Gasteiger partial charge in [-0.1, -0.05) is 72.8 Å². The van der Waals surface area contributed by atoms with E-state index in [2.05, 4.69) is 40.3 Å². The summed E-state index contributed by atoms with van der Waals surface area (Å²) >= 11 is 0. The second-order valence-electron chi connectivity index (χ2n) is 10.4. The van der Waals surface area contributed by atoms with Crippen LogP contribution in [-0.2, 0) is 0 Å². The van der Waals surface area contributed by atoms with Gasteiger partial charge in [0.25, 0.3) is 6.71 Å². The van der Waals surface area contributed by atoms with Gasteiger partial charge in [0.1, 0.15) is 29.1 Å². The molecule has 0 aliphatic carbocycles. The molecule has 2 aromatic heterocycles. The quantitative estimate of drug-likeness (QED) is 0.280. The number of benzene rings is 5. The Kier molecular flexibility index (Phi) is 4.64. The van der Waals surface area contributed by atoms with Gasteiger partial charge in [0.2, 0.25) is 11.8 Å². The molecule has 0 saturated carbocycles. The van der Waals surface area contributed by atoms with Crippen LogP contribution in [0.3, 0.4) is 0 Å². The molecule has 9 rings (SSSR count). The summed E-state index contributed by atoms with van der Waals surface area (Å²) < 4.78 is 14.9. The number of fused-ring (bicyclic) bond motifs is 7. The van der Waals surface area contributed by atoms with E-state index in [4.69, 9.17) is 14.5 Å². The van der Waals surface area contributed by atoms with E-state index >= 15 is 0 Å². The maximum absolute atomic E-state index is 9.95. The van der Waals surface area contributed by atoms with Crippen LogP contribution in [0.15, 0.2) is 109 Å². The van der Waals surface area contributed by atoms with Crippen molar-refractivity contribution in [2.75, 3.05) is 0 Å². The van der Waals surface area contributed by atoms with Crippen LogP contribution in [0.25, 0.3) is 39.1 Å². The molecule has 42 heavy (non-hydrogen) atoms. The van der Waals surface area contributed by atoms with Crippen molar-refractivity contribution in [2.24, 2.45) is 0 Å². The summed E-state index contributed by atoms with van der Waals surface area (Å²) in [7, 11) is 0. The molecule has 7 aromatic rings. The first-order valence-corrected chi connectivity index (χ1v) is 13.6. The Balaban J connectivity index is 1.28. The van der Waals surface area contributed by atoms with Gasteiger partial charge in [-0.3, -0.25) is 4.57 Å². The van der Waals surface area contributed by atoms with E-state index in [9.17, 15) is 5.26 Å². The third-order valence-electron chi connectivity index (χ3n) is 8.05. The Morgan fingerprint density at radius 1 is 0.619 bits per heavy atom. The molecular weight excluding hydrogens is 521 g/mol. The molecule has 0 fully saturated rings. The molecule has 0 radical (unpaired) electrons. The zero-order chi connectivity index (χ0) is 27.8. The van der Waals surface area contributed by atoms with E-state index in [1.807, 2.05) is 89.5 Å². The zero-order valence-corrected chi connectivity index (χ0v) is 22.0. The number of hydrogen-bond acceptors (Lipinski definition) is 6. The SMILES string of the molecule is N#Cc1nc(-c2cc3c4c(c2)Oc2ccccc2B4c2ccccc2O3)nc(-n2c3ccccc3c3ccccc32)n1. The van der Waals surface area contributed by atoms with Crippen molar-refractivity contribution in [2.45, 2.75) is 0 Å². The topological polar surface area (TPSA) is 85.9 Å². The van der Waals surface area contributed by atoms with Crippen molar-refractivity contribution in [1.29, 1.82) is 5.26 Å². The number of nitrogens with zero attached hydrogens (tertiary/aromatic N) is 5. The molecule has 2 aliphatic heterocycles. The minimum absolute atomic E-state index is 0.0265. The van der Waals surface area contributed by atoms with Gasteiger partial charge in [-0.25, -0.2) is 0 Å². The van der Waals surface area contributed by atoms with Crippen LogP contribution >= 0.6 is 0 Å². The fourth-order valence-corrected chi connectivity index (χ4v) is 6.30. The summed E-state index contributed by atoms with van der Waals surface area (Å²) in [5.41, 5.74) is 5.71. The van der Waals surface area contributed by atoms with Crippen LogP contribution in [0.5, 0.6) is 23.0 Å². The zero-order valence-electron chi connectivity index (χ0n) is 22.0. The Labute approximate surface area is 240 Å². The summed E-state index contributed by atoms with van der Waals surface area (Å²) in [6.07, 6.45) is 0. The fraction of sp³-hybridized carbons (Fsp3) is 0. The smallest absolute Gasteiger partial charge is 0.260 e. The molecule has 0 atom stereocenters. The molecule has 0 spiro atoms. The molecule has 0 saturated heterocycles. The Morgan fingerprint density at radius 3 is 1.76 bits per heavy atom. The minimum Gasteiger partial charge on any atom is -0.458 e. The van der Waals surface area contributed by atoms with E-state index in [0.717, 1.165) is 49.7 Å². The predicted octanol–water partition coefficient (Wildman–Crippen LogP) is 5.23. The van der Waals surface area contributed by atoms with Crippen LogP contribution in [0, 0.1) is 11.3 Å². The van der Waals surface area contributed by atoms with Crippen LogP contribution < -0.4 is 25.9 Å². The van der Waals surface area contributed by atoms with Crippen molar-refractivity contribution < 1.29 is 9.47 Å². The van der Waals surface area contributed by atoms with Crippen molar-refractivity contribution in [3.8, 4) is 46.4 Å². The highest BCUT2D eigenvalue weighted by molar-refractivity contribution is 6.98. The second-order valence-corrected chi connectivity index (χ2v) is 10.4. The molecule has 2 aliphatic rings. The van der Waals surface area contributed by atoms with Crippen molar-refractivity contribution >= 4 is 44.9 Å². The first-order valence-electron chi connectivity index (χ1n) is 13.6. The van der Waals surface area contributed by atoms with E-state index in [1.165, 1.54) is 0 Å². The number of rotatable bonds is 2. The van der Waals surface area contributed by atoms with Gasteiger partial charge >= 0.3 is 0 Å². The van der Waals surface area contributed by atoms with E-state index in [1.54, 1.807) is 0 Å². The van der Waals surface area contributed by atoms with E-state index in [0.29, 0.717) is 28.8 Å². The summed E-state index contributed by atoms with van der Waals surface area (Å²) in [6, 6.07) is 38.4. The minimum atomic E-state index is -0.0276. The molecule has 8 heteroatoms. The summed E-state index contributed by atoms with van der Waals surface area (Å²) in [5, 5.41) is 12.1. The molecule has 0 N–H and O–H groups in total. The van der Waals surface area contributed by atoms with Crippen molar-refractivity contribution in [1.82, 2.24) is 19.5 Å². The Bertz CT molecular complexity index is 2180. The molecule has 5 aromatic carbocycles. The molecule has 0 unspecified atom stereocenters.